The van der Waals surface area contributed by atoms with Crippen LogP contribution in [0.5, 0.6) is 0 Å². The van der Waals surface area contributed by atoms with Gasteiger partial charge in [-0.2, -0.15) is 0 Å². The predicted molar refractivity (Wildman–Crippen MR) is 74.1 cm³/mol. The van der Waals surface area contributed by atoms with E-state index in [1.165, 1.54) is 35.0 Å². The van der Waals surface area contributed by atoms with Crippen LogP contribution in [0.3, 0.4) is 0 Å². The average Bonchev–Trinajstić information content (AvgIpc) is 2.74. The van der Waals surface area contributed by atoms with Crippen LogP contribution >= 0.6 is 15.9 Å². The summed E-state index contributed by atoms with van der Waals surface area (Å²) in [5.74, 6) is -2.07. The van der Waals surface area contributed by atoms with Crippen molar-refractivity contribution in [3.8, 4) is 0 Å². The van der Waals surface area contributed by atoms with Gasteiger partial charge < -0.3 is 15.0 Å². The van der Waals surface area contributed by atoms with E-state index in [1.807, 2.05) is 0 Å². The maximum absolute atomic E-state index is 13.4. The number of carboxylic acid groups (broad SMARTS) is 1. The molecule has 0 unspecified atom stereocenters. The molecule has 0 fully saturated rings. The number of carboxylic acids is 1. The van der Waals surface area contributed by atoms with Crippen LogP contribution in [0, 0.1) is 5.82 Å². The van der Waals surface area contributed by atoms with Crippen molar-refractivity contribution in [2.45, 2.75) is 6.54 Å². The van der Waals surface area contributed by atoms with Crippen LogP contribution in [0.4, 0.5) is 10.1 Å². The number of amides is 1. The molecule has 20 heavy (non-hydrogen) atoms. The summed E-state index contributed by atoms with van der Waals surface area (Å²) >= 11 is 3.16. The first kappa shape index (κ1) is 14.3. The highest BCUT2D eigenvalue weighted by molar-refractivity contribution is 9.10. The van der Waals surface area contributed by atoms with E-state index in [0.29, 0.717) is 4.60 Å². The molecule has 1 amide bonds. The maximum Gasteiger partial charge on any atom is 0.337 e. The van der Waals surface area contributed by atoms with Gasteiger partial charge >= 0.3 is 5.97 Å². The van der Waals surface area contributed by atoms with Crippen molar-refractivity contribution in [3.05, 3.63) is 52.5 Å². The predicted octanol–water partition coefficient (Wildman–Crippen LogP) is 2.73. The lowest BCUT2D eigenvalue weighted by molar-refractivity contribution is -0.116. The van der Waals surface area contributed by atoms with Gasteiger partial charge in [0, 0.05) is 6.20 Å². The van der Waals surface area contributed by atoms with E-state index in [4.69, 9.17) is 5.11 Å². The first-order chi connectivity index (χ1) is 9.47. The normalized spacial score (nSPS) is 10.3. The van der Waals surface area contributed by atoms with Crippen molar-refractivity contribution < 1.29 is 19.1 Å². The molecule has 0 bridgehead atoms. The number of carbonyl (C=O) groups excluding carboxylic acids is 1. The molecule has 5 nitrogen and oxygen atoms in total. The third kappa shape index (κ3) is 3.24. The van der Waals surface area contributed by atoms with E-state index in [1.54, 1.807) is 6.07 Å². The largest absolute Gasteiger partial charge is 0.478 e. The van der Waals surface area contributed by atoms with Crippen molar-refractivity contribution in [2.75, 3.05) is 5.32 Å². The van der Waals surface area contributed by atoms with Crippen LogP contribution in [0.1, 0.15) is 10.4 Å². The van der Waals surface area contributed by atoms with E-state index >= 15 is 0 Å². The van der Waals surface area contributed by atoms with Crippen molar-refractivity contribution >= 4 is 33.5 Å². The molecule has 0 saturated heterocycles. The first-order valence-corrected chi connectivity index (χ1v) is 6.40. The molecule has 0 spiro atoms. The Balaban J connectivity index is 2.09. The minimum Gasteiger partial charge on any atom is -0.478 e. The molecule has 0 radical (unpaired) electrons. The van der Waals surface area contributed by atoms with Crippen molar-refractivity contribution in [1.29, 1.82) is 0 Å². The number of hydrogen-bond donors (Lipinski definition) is 2. The van der Waals surface area contributed by atoms with Gasteiger partial charge in [-0.3, -0.25) is 4.79 Å². The number of nitrogens with one attached hydrogen (secondary N) is 1. The quantitative estimate of drug-likeness (QED) is 0.898. The van der Waals surface area contributed by atoms with Crippen LogP contribution in [0.15, 0.2) is 41.1 Å². The number of aromatic carboxylic acids is 1. The SMILES string of the molecule is O=C(Cn1cc(C(=O)O)cc1Br)Nc1ccccc1F. The number of anilines is 1. The molecule has 1 heterocycles. The number of aromatic nitrogens is 1. The summed E-state index contributed by atoms with van der Waals surface area (Å²) in [6, 6.07) is 7.20. The van der Waals surface area contributed by atoms with Crippen LogP contribution in [0.2, 0.25) is 0 Å². The lowest BCUT2D eigenvalue weighted by Crippen LogP contribution is -2.19. The third-order valence-electron chi connectivity index (χ3n) is 2.55. The van der Waals surface area contributed by atoms with E-state index in [-0.39, 0.29) is 17.8 Å². The van der Waals surface area contributed by atoms with Crippen LogP contribution < -0.4 is 5.32 Å². The highest BCUT2D eigenvalue weighted by atomic mass is 79.9. The molecule has 1 aromatic heterocycles. The van der Waals surface area contributed by atoms with Gasteiger partial charge in [-0.25, -0.2) is 9.18 Å². The zero-order valence-corrected chi connectivity index (χ0v) is 11.7. The van der Waals surface area contributed by atoms with Gasteiger partial charge in [0.15, 0.2) is 0 Å². The lowest BCUT2D eigenvalue weighted by Gasteiger charge is -2.07. The number of carbonyl (C=O) groups is 2. The summed E-state index contributed by atoms with van der Waals surface area (Å²) in [6.45, 7) is -0.123. The molecule has 2 aromatic rings. The Morgan fingerprint density at radius 2 is 2.05 bits per heavy atom. The zero-order valence-electron chi connectivity index (χ0n) is 10.1. The molecular weight excluding hydrogens is 331 g/mol. The molecule has 0 aliphatic carbocycles. The van der Waals surface area contributed by atoms with E-state index < -0.39 is 17.7 Å². The van der Waals surface area contributed by atoms with Gasteiger partial charge in [-0.15, -0.1) is 0 Å². The van der Waals surface area contributed by atoms with Crippen molar-refractivity contribution in [3.63, 3.8) is 0 Å². The third-order valence-corrected chi connectivity index (χ3v) is 3.24. The Morgan fingerprint density at radius 1 is 1.35 bits per heavy atom. The molecule has 0 aliphatic heterocycles. The van der Waals surface area contributed by atoms with Gasteiger partial charge in [0.2, 0.25) is 5.91 Å². The number of para-hydroxylation sites is 1. The van der Waals surface area contributed by atoms with Gasteiger partial charge in [0.25, 0.3) is 0 Å². The topological polar surface area (TPSA) is 71.3 Å². The number of nitrogens with zero attached hydrogens (tertiary/aromatic N) is 1. The fraction of sp³-hybridized carbons (Fsp3) is 0.0769. The van der Waals surface area contributed by atoms with Gasteiger partial charge in [0.05, 0.1) is 15.9 Å². The summed E-state index contributed by atoms with van der Waals surface area (Å²) in [5.41, 5.74) is 0.148. The van der Waals surface area contributed by atoms with E-state index in [0.717, 1.165) is 0 Å². The minimum atomic E-state index is -1.08. The maximum atomic E-state index is 13.4. The lowest BCUT2D eigenvalue weighted by atomic mass is 10.3. The van der Waals surface area contributed by atoms with Gasteiger partial charge in [0.1, 0.15) is 12.4 Å². The molecule has 1 aromatic carbocycles. The van der Waals surface area contributed by atoms with Crippen LogP contribution in [-0.4, -0.2) is 21.6 Å². The number of benzene rings is 1. The molecule has 2 rings (SSSR count). The fourth-order valence-corrected chi connectivity index (χ4v) is 2.10. The van der Waals surface area contributed by atoms with Crippen molar-refractivity contribution in [1.82, 2.24) is 4.57 Å². The second kappa shape index (κ2) is 5.87. The Morgan fingerprint density at radius 3 is 2.65 bits per heavy atom. The van der Waals surface area contributed by atoms with Crippen molar-refractivity contribution in [2.24, 2.45) is 0 Å². The average molecular weight is 341 g/mol. The summed E-state index contributed by atoms with van der Waals surface area (Å²) in [7, 11) is 0. The monoisotopic (exact) mass is 340 g/mol. The summed E-state index contributed by atoms with van der Waals surface area (Å²) in [5, 5.41) is 11.3. The van der Waals surface area contributed by atoms with E-state index in [2.05, 4.69) is 21.2 Å². The molecule has 2 N–H and O–H groups in total. The van der Waals surface area contributed by atoms with Gasteiger partial charge in [-0.05, 0) is 34.1 Å². The molecule has 0 saturated carbocycles. The second-order valence-electron chi connectivity index (χ2n) is 4.01. The van der Waals surface area contributed by atoms with Crippen LogP contribution in [-0.2, 0) is 11.3 Å². The van der Waals surface area contributed by atoms with Gasteiger partial charge in [-0.1, -0.05) is 12.1 Å². The zero-order chi connectivity index (χ0) is 14.7. The Hall–Kier alpha value is -2.15. The first-order valence-electron chi connectivity index (χ1n) is 5.60. The smallest absolute Gasteiger partial charge is 0.337 e. The minimum absolute atomic E-state index is 0.0653. The molecule has 7 heteroatoms. The molecular formula is C13H10BrFN2O3. The summed E-state index contributed by atoms with van der Waals surface area (Å²) in [4.78, 5) is 22.6. The van der Waals surface area contributed by atoms with Crippen LogP contribution in [0.25, 0.3) is 0 Å². The Bertz CT molecular complexity index is 669. The standard InChI is InChI=1S/C13H10BrFN2O3/c14-11-5-8(13(19)20)6-17(11)7-12(18)16-10-4-2-1-3-9(10)15/h1-6H,7H2,(H,16,18)(H,19,20). The Kier molecular flexibility index (Phi) is 4.19. The highest BCUT2D eigenvalue weighted by Gasteiger charge is 2.12. The number of halogens is 2. The molecule has 0 aliphatic rings. The molecule has 0 atom stereocenters. The van der Waals surface area contributed by atoms with E-state index in [9.17, 15) is 14.0 Å². The summed E-state index contributed by atoms with van der Waals surface area (Å²) in [6.07, 6.45) is 1.33. The highest BCUT2D eigenvalue weighted by Crippen LogP contribution is 2.16. The Labute approximate surface area is 122 Å². The summed E-state index contributed by atoms with van der Waals surface area (Å²) < 4.78 is 15.2. The second-order valence-corrected chi connectivity index (χ2v) is 4.83. The fourth-order valence-electron chi connectivity index (χ4n) is 1.62. The molecule has 104 valence electrons. The number of rotatable bonds is 4. The number of hydrogen-bond acceptors (Lipinski definition) is 2.